The molecule has 1 saturated heterocycles. The number of piperazine rings is 1. The van der Waals surface area contributed by atoms with Crippen LogP contribution in [0, 0.1) is 5.82 Å². The van der Waals surface area contributed by atoms with E-state index in [-0.39, 0.29) is 23.6 Å². The zero-order valence-corrected chi connectivity index (χ0v) is 20.6. The number of carbonyl (C=O) groups excluding carboxylic acids is 1. The highest BCUT2D eigenvalue weighted by molar-refractivity contribution is 5.75. The number of anilines is 1. The molecule has 0 bridgehead atoms. The predicted octanol–water partition coefficient (Wildman–Crippen LogP) is 4.89. The van der Waals surface area contributed by atoms with Gasteiger partial charge >= 0.3 is 6.43 Å². The van der Waals surface area contributed by atoms with Crippen LogP contribution < -0.4 is 4.90 Å². The lowest BCUT2D eigenvalue weighted by molar-refractivity contribution is -0.107. The highest BCUT2D eigenvalue weighted by Crippen LogP contribution is 2.26. The van der Waals surface area contributed by atoms with Crippen molar-refractivity contribution in [2.75, 3.05) is 24.5 Å². The summed E-state index contributed by atoms with van der Waals surface area (Å²) in [7, 11) is 0. The Kier molecular flexibility index (Phi) is 8.05. The van der Waals surface area contributed by atoms with Crippen molar-refractivity contribution in [3.63, 3.8) is 0 Å². The summed E-state index contributed by atoms with van der Waals surface area (Å²) in [6.07, 6.45) is -2.25. The molecule has 4 rings (SSSR count). The van der Waals surface area contributed by atoms with Gasteiger partial charge in [-0.25, -0.2) is 4.39 Å². The van der Waals surface area contributed by atoms with Gasteiger partial charge in [0.15, 0.2) is 0 Å². The molecule has 0 radical (unpaired) electrons. The van der Waals surface area contributed by atoms with E-state index < -0.39 is 18.1 Å². The van der Waals surface area contributed by atoms with Crippen molar-refractivity contribution < 1.29 is 22.4 Å². The number of aromatic nitrogens is 2. The molecule has 2 heterocycles. The molecular weight excluding hydrogens is 471 g/mol. The van der Waals surface area contributed by atoms with Crippen LogP contribution in [-0.2, 0) is 17.9 Å². The normalized spacial score (nSPS) is 19.1. The van der Waals surface area contributed by atoms with Crippen molar-refractivity contribution >= 4 is 12.1 Å². The van der Waals surface area contributed by atoms with Crippen LogP contribution in [0.2, 0.25) is 0 Å². The first-order chi connectivity index (χ1) is 17.3. The summed E-state index contributed by atoms with van der Waals surface area (Å²) in [5.41, 5.74) is 2.24. The second kappa shape index (κ2) is 11.2. The zero-order chi connectivity index (χ0) is 25.8. The molecule has 10 heteroatoms. The molecule has 0 saturated carbocycles. The Morgan fingerprint density at radius 2 is 1.81 bits per heavy atom. The number of nitrogens with zero attached hydrogens (tertiary/aromatic N) is 5. The number of hydrogen-bond acceptors (Lipinski definition) is 6. The highest BCUT2D eigenvalue weighted by Gasteiger charge is 2.28. The van der Waals surface area contributed by atoms with Crippen molar-refractivity contribution in [2.45, 2.75) is 52.4 Å². The van der Waals surface area contributed by atoms with Crippen LogP contribution in [0.25, 0.3) is 11.5 Å². The average molecular weight is 502 g/mol. The van der Waals surface area contributed by atoms with E-state index in [0.717, 1.165) is 37.8 Å². The minimum absolute atomic E-state index is 0.00901. The monoisotopic (exact) mass is 501 g/mol. The van der Waals surface area contributed by atoms with Gasteiger partial charge in [-0.1, -0.05) is 25.1 Å². The van der Waals surface area contributed by atoms with Crippen LogP contribution in [0.5, 0.6) is 0 Å². The van der Waals surface area contributed by atoms with Crippen molar-refractivity contribution in [3.8, 4) is 11.5 Å². The molecule has 2 atom stereocenters. The van der Waals surface area contributed by atoms with Gasteiger partial charge in [0.2, 0.25) is 12.3 Å². The Balaban J connectivity index is 1.41. The van der Waals surface area contributed by atoms with Crippen molar-refractivity contribution in [1.29, 1.82) is 0 Å². The molecule has 2 unspecified atom stereocenters. The van der Waals surface area contributed by atoms with Crippen LogP contribution in [0.15, 0.2) is 46.9 Å². The number of hydrogen-bond donors (Lipinski definition) is 0. The smallest absolute Gasteiger partial charge is 0.314 e. The molecule has 1 amide bonds. The summed E-state index contributed by atoms with van der Waals surface area (Å²) in [4.78, 5) is 18.2. The summed E-state index contributed by atoms with van der Waals surface area (Å²) in [6.45, 7) is 10.6. The Labute approximate surface area is 208 Å². The number of amides is 1. The first-order valence-electron chi connectivity index (χ1n) is 12.0. The second-order valence-corrected chi connectivity index (χ2v) is 9.17. The molecule has 1 fully saturated rings. The highest BCUT2D eigenvalue weighted by atomic mass is 19.3. The Morgan fingerprint density at radius 1 is 1.11 bits per heavy atom. The number of likely N-dealkylation sites (N-methyl/N-ethyl adjacent to an activating group) is 1. The lowest BCUT2D eigenvalue weighted by atomic mass is 10.1. The lowest BCUT2D eigenvalue weighted by Gasteiger charge is -2.44. The third-order valence-corrected chi connectivity index (χ3v) is 6.61. The molecular formula is C26H30F3N5O2. The number of halogens is 3. The van der Waals surface area contributed by atoms with E-state index >= 15 is 0 Å². The van der Waals surface area contributed by atoms with E-state index in [2.05, 4.69) is 40.8 Å². The molecule has 0 N–H and O–H groups in total. The second-order valence-electron chi connectivity index (χ2n) is 9.17. The predicted molar refractivity (Wildman–Crippen MR) is 130 cm³/mol. The number of benzene rings is 2. The maximum Gasteiger partial charge on any atom is 0.314 e. The van der Waals surface area contributed by atoms with E-state index in [9.17, 15) is 18.0 Å². The van der Waals surface area contributed by atoms with Gasteiger partial charge in [0.1, 0.15) is 5.82 Å². The van der Waals surface area contributed by atoms with Crippen molar-refractivity contribution in [1.82, 2.24) is 20.0 Å². The number of alkyl halides is 2. The van der Waals surface area contributed by atoms with E-state index in [1.54, 1.807) is 0 Å². The maximum absolute atomic E-state index is 14.8. The van der Waals surface area contributed by atoms with Gasteiger partial charge < -0.3 is 9.32 Å². The molecule has 0 spiro atoms. The molecule has 3 aromatic rings. The van der Waals surface area contributed by atoms with Crippen molar-refractivity contribution in [2.24, 2.45) is 0 Å². The van der Waals surface area contributed by atoms with Gasteiger partial charge in [-0.2, -0.15) is 8.78 Å². The van der Waals surface area contributed by atoms with Gasteiger partial charge in [0.05, 0.1) is 6.54 Å². The Bertz CT molecular complexity index is 1160. The Morgan fingerprint density at radius 3 is 2.36 bits per heavy atom. The first-order valence-corrected chi connectivity index (χ1v) is 12.0. The van der Waals surface area contributed by atoms with Gasteiger partial charge in [-0.3, -0.25) is 14.6 Å². The average Bonchev–Trinajstić information content (AvgIpc) is 3.35. The minimum Gasteiger partial charge on any atom is -0.415 e. The molecule has 7 nitrogen and oxygen atoms in total. The molecule has 1 aliphatic heterocycles. The number of rotatable bonds is 9. The topological polar surface area (TPSA) is 65.7 Å². The van der Waals surface area contributed by atoms with E-state index in [1.807, 2.05) is 24.3 Å². The Hall–Kier alpha value is -3.24. The molecule has 0 aliphatic carbocycles. The largest absolute Gasteiger partial charge is 0.415 e. The summed E-state index contributed by atoms with van der Waals surface area (Å²) in [5.74, 6) is -1.63. The van der Waals surface area contributed by atoms with E-state index in [4.69, 9.17) is 4.42 Å². The van der Waals surface area contributed by atoms with Crippen LogP contribution in [-0.4, -0.2) is 58.1 Å². The fourth-order valence-electron chi connectivity index (χ4n) is 4.89. The quantitative estimate of drug-likeness (QED) is 0.389. The number of carbonyl (C=O) groups is 1. The lowest BCUT2D eigenvalue weighted by Crippen LogP contribution is -2.56. The van der Waals surface area contributed by atoms with Crippen LogP contribution in [0.1, 0.15) is 44.2 Å². The van der Waals surface area contributed by atoms with E-state index in [1.165, 1.54) is 17.0 Å². The summed E-state index contributed by atoms with van der Waals surface area (Å²) >= 11 is 0. The van der Waals surface area contributed by atoms with Gasteiger partial charge in [0.25, 0.3) is 5.89 Å². The standard InChI is InChI=1S/C26H30F3N5O2/c1-4-34-17(2)12-32(13-18(34)3)14-19-5-9-22(10-6-19)33(16-35)15-21-8-7-20(11-23(21)27)25-30-31-26(36-25)24(28)29/h5-11,16-18,24H,4,12-15H2,1-3H3. The van der Waals surface area contributed by atoms with Gasteiger partial charge in [-0.15, -0.1) is 10.2 Å². The van der Waals surface area contributed by atoms with E-state index in [0.29, 0.717) is 24.2 Å². The summed E-state index contributed by atoms with van der Waals surface area (Å²) in [6, 6.07) is 12.8. The third kappa shape index (κ3) is 5.76. The molecule has 1 aromatic heterocycles. The van der Waals surface area contributed by atoms with Gasteiger partial charge in [0, 0.05) is 48.5 Å². The first kappa shape index (κ1) is 25.8. The fraction of sp³-hybridized carbons (Fsp3) is 0.423. The van der Waals surface area contributed by atoms with Crippen LogP contribution in [0.4, 0.5) is 18.9 Å². The third-order valence-electron chi connectivity index (χ3n) is 6.61. The molecule has 36 heavy (non-hydrogen) atoms. The maximum atomic E-state index is 14.8. The van der Waals surface area contributed by atoms with Crippen molar-refractivity contribution in [3.05, 3.63) is 65.3 Å². The summed E-state index contributed by atoms with van der Waals surface area (Å²) < 4.78 is 45.0. The molecule has 1 aliphatic rings. The zero-order valence-electron chi connectivity index (χ0n) is 20.6. The summed E-state index contributed by atoms with van der Waals surface area (Å²) in [5, 5.41) is 6.79. The minimum atomic E-state index is -2.90. The fourth-order valence-corrected chi connectivity index (χ4v) is 4.89. The van der Waals surface area contributed by atoms with Crippen LogP contribution in [0.3, 0.4) is 0 Å². The van der Waals surface area contributed by atoms with Gasteiger partial charge in [-0.05, 0) is 50.2 Å². The SMILES string of the molecule is CCN1C(C)CN(Cc2ccc(N(C=O)Cc3ccc(-c4nnc(C(F)F)o4)cc3F)cc2)CC1C. The molecule has 2 aromatic carbocycles. The molecule has 192 valence electrons. The van der Waals surface area contributed by atoms with Crippen LogP contribution >= 0.6 is 0 Å².